The number of hydrogen-bond acceptors (Lipinski definition) is 3. The standard InChI is InChI=1S/C19H21BF2O3/c1-18(2)19(3,4)25-20(24-18)15-8-6-5-7-13(15)12-23-14-9-10-16(21)17(22)11-14/h5-11H,12H2,1-4H3. The van der Waals surface area contributed by atoms with Gasteiger partial charge < -0.3 is 14.0 Å². The van der Waals surface area contributed by atoms with Crippen molar-refractivity contribution in [3.8, 4) is 5.75 Å². The fourth-order valence-electron chi connectivity index (χ4n) is 2.59. The normalized spacial score (nSPS) is 18.4. The summed E-state index contributed by atoms with van der Waals surface area (Å²) >= 11 is 0. The lowest BCUT2D eigenvalue weighted by molar-refractivity contribution is 0.00578. The van der Waals surface area contributed by atoms with Crippen LogP contribution in [-0.4, -0.2) is 18.3 Å². The van der Waals surface area contributed by atoms with Gasteiger partial charge in [-0.25, -0.2) is 8.78 Å². The molecule has 2 aromatic rings. The maximum atomic E-state index is 13.3. The minimum absolute atomic E-state index is 0.200. The van der Waals surface area contributed by atoms with E-state index in [0.717, 1.165) is 23.2 Å². The van der Waals surface area contributed by atoms with Gasteiger partial charge in [-0.3, -0.25) is 0 Å². The molecule has 3 nitrogen and oxygen atoms in total. The van der Waals surface area contributed by atoms with Crippen LogP contribution in [0.4, 0.5) is 8.78 Å². The lowest BCUT2D eigenvalue weighted by Gasteiger charge is -2.32. The van der Waals surface area contributed by atoms with E-state index in [0.29, 0.717) is 0 Å². The van der Waals surface area contributed by atoms with Gasteiger partial charge in [0.15, 0.2) is 11.6 Å². The molecule has 1 fully saturated rings. The molecule has 132 valence electrons. The third-order valence-electron chi connectivity index (χ3n) is 4.85. The molecular weight excluding hydrogens is 325 g/mol. The van der Waals surface area contributed by atoms with Gasteiger partial charge in [0, 0.05) is 6.07 Å². The summed E-state index contributed by atoms with van der Waals surface area (Å²) in [5.41, 5.74) is 0.853. The van der Waals surface area contributed by atoms with E-state index in [2.05, 4.69) is 0 Å². The maximum absolute atomic E-state index is 13.3. The molecule has 0 saturated carbocycles. The first-order chi connectivity index (χ1) is 11.7. The molecule has 1 heterocycles. The Morgan fingerprint density at radius 1 is 0.920 bits per heavy atom. The van der Waals surface area contributed by atoms with Gasteiger partial charge in [-0.2, -0.15) is 0 Å². The Morgan fingerprint density at radius 2 is 1.56 bits per heavy atom. The summed E-state index contributed by atoms with van der Waals surface area (Å²) in [7, 11) is -0.505. The van der Waals surface area contributed by atoms with Crippen molar-refractivity contribution in [1.29, 1.82) is 0 Å². The van der Waals surface area contributed by atoms with E-state index in [4.69, 9.17) is 14.0 Å². The van der Waals surface area contributed by atoms with E-state index in [1.807, 2.05) is 52.0 Å². The highest BCUT2D eigenvalue weighted by Gasteiger charge is 2.52. The van der Waals surface area contributed by atoms with Crippen molar-refractivity contribution in [1.82, 2.24) is 0 Å². The topological polar surface area (TPSA) is 27.7 Å². The molecule has 0 unspecified atom stereocenters. The van der Waals surface area contributed by atoms with Crippen LogP contribution in [0.3, 0.4) is 0 Å². The first-order valence-electron chi connectivity index (χ1n) is 8.21. The van der Waals surface area contributed by atoms with Crippen LogP contribution in [-0.2, 0) is 15.9 Å². The van der Waals surface area contributed by atoms with Crippen molar-refractivity contribution >= 4 is 12.6 Å². The van der Waals surface area contributed by atoms with Crippen molar-refractivity contribution in [2.45, 2.75) is 45.5 Å². The molecule has 1 aliphatic heterocycles. The fourth-order valence-corrected chi connectivity index (χ4v) is 2.59. The smallest absolute Gasteiger partial charge is 0.489 e. The maximum Gasteiger partial charge on any atom is 0.495 e. The zero-order chi connectivity index (χ0) is 18.2. The van der Waals surface area contributed by atoms with E-state index < -0.39 is 30.0 Å². The zero-order valence-electron chi connectivity index (χ0n) is 14.8. The highest BCUT2D eigenvalue weighted by atomic mass is 19.2. The third kappa shape index (κ3) is 3.55. The Kier molecular flexibility index (Phi) is 4.60. The van der Waals surface area contributed by atoms with Crippen molar-refractivity contribution in [2.24, 2.45) is 0 Å². The predicted molar refractivity (Wildman–Crippen MR) is 92.8 cm³/mol. The first-order valence-corrected chi connectivity index (χ1v) is 8.21. The molecule has 25 heavy (non-hydrogen) atoms. The number of benzene rings is 2. The van der Waals surface area contributed by atoms with E-state index in [9.17, 15) is 8.78 Å². The lowest BCUT2D eigenvalue weighted by atomic mass is 9.76. The molecule has 0 aromatic heterocycles. The fraction of sp³-hybridized carbons (Fsp3) is 0.368. The minimum Gasteiger partial charge on any atom is -0.489 e. The molecule has 6 heteroatoms. The quantitative estimate of drug-likeness (QED) is 0.788. The summed E-state index contributed by atoms with van der Waals surface area (Å²) in [5, 5.41) is 0. The first kappa shape index (κ1) is 17.9. The Labute approximate surface area is 147 Å². The summed E-state index contributed by atoms with van der Waals surface area (Å²) in [6.07, 6.45) is 0. The Balaban J connectivity index is 1.79. The van der Waals surface area contributed by atoms with Crippen LogP contribution in [0.5, 0.6) is 5.75 Å². The van der Waals surface area contributed by atoms with Crippen molar-refractivity contribution in [3.63, 3.8) is 0 Å². The van der Waals surface area contributed by atoms with Crippen LogP contribution >= 0.6 is 0 Å². The van der Waals surface area contributed by atoms with Gasteiger partial charge in [-0.15, -0.1) is 0 Å². The second kappa shape index (κ2) is 6.43. The molecule has 0 N–H and O–H groups in total. The van der Waals surface area contributed by atoms with Crippen LogP contribution in [0.25, 0.3) is 0 Å². The average Bonchev–Trinajstić information content (AvgIpc) is 2.77. The van der Waals surface area contributed by atoms with Gasteiger partial charge in [-0.05, 0) is 50.9 Å². The lowest BCUT2D eigenvalue weighted by Crippen LogP contribution is -2.41. The van der Waals surface area contributed by atoms with Crippen molar-refractivity contribution in [3.05, 3.63) is 59.7 Å². The van der Waals surface area contributed by atoms with Crippen molar-refractivity contribution < 1.29 is 22.8 Å². The molecule has 0 radical (unpaired) electrons. The van der Waals surface area contributed by atoms with E-state index in [1.54, 1.807) is 0 Å². The highest BCUT2D eigenvalue weighted by molar-refractivity contribution is 6.62. The second-order valence-electron chi connectivity index (χ2n) is 7.15. The molecule has 1 aliphatic rings. The molecule has 0 aliphatic carbocycles. The van der Waals surface area contributed by atoms with Crippen LogP contribution in [0.1, 0.15) is 33.3 Å². The van der Waals surface area contributed by atoms with Crippen LogP contribution in [0.2, 0.25) is 0 Å². The van der Waals surface area contributed by atoms with E-state index in [1.165, 1.54) is 6.07 Å². The predicted octanol–water partition coefficient (Wildman–Crippen LogP) is 3.84. The summed E-state index contributed by atoms with van der Waals surface area (Å²) in [4.78, 5) is 0. The Hall–Kier alpha value is -1.92. The van der Waals surface area contributed by atoms with Gasteiger partial charge in [0.05, 0.1) is 11.2 Å². The van der Waals surface area contributed by atoms with Gasteiger partial charge in [0.25, 0.3) is 0 Å². The van der Waals surface area contributed by atoms with Crippen molar-refractivity contribution in [2.75, 3.05) is 0 Å². The van der Waals surface area contributed by atoms with Gasteiger partial charge in [0.1, 0.15) is 12.4 Å². The third-order valence-corrected chi connectivity index (χ3v) is 4.85. The molecule has 3 rings (SSSR count). The molecule has 0 spiro atoms. The Morgan fingerprint density at radius 3 is 2.20 bits per heavy atom. The monoisotopic (exact) mass is 346 g/mol. The number of rotatable bonds is 4. The highest BCUT2D eigenvalue weighted by Crippen LogP contribution is 2.36. The van der Waals surface area contributed by atoms with E-state index >= 15 is 0 Å². The number of halogens is 2. The second-order valence-corrected chi connectivity index (χ2v) is 7.15. The van der Waals surface area contributed by atoms with Crippen LogP contribution in [0, 0.1) is 11.6 Å². The molecule has 2 aromatic carbocycles. The summed E-state index contributed by atoms with van der Waals surface area (Å²) in [6, 6.07) is 11.1. The molecule has 0 amide bonds. The zero-order valence-corrected chi connectivity index (χ0v) is 14.8. The van der Waals surface area contributed by atoms with Gasteiger partial charge >= 0.3 is 7.12 Å². The van der Waals surface area contributed by atoms with E-state index in [-0.39, 0.29) is 12.4 Å². The number of ether oxygens (including phenoxy) is 1. The number of hydrogen-bond donors (Lipinski definition) is 0. The van der Waals surface area contributed by atoms with Crippen LogP contribution in [0.15, 0.2) is 42.5 Å². The summed E-state index contributed by atoms with van der Waals surface area (Å²) in [5.74, 6) is -1.57. The molecule has 0 atom stereocenters. The minimum atomic E-state index is -0.934. The molecular formula is C19H21BF2O3. The van der Waals surface area contributed by atoms with Crippen LogP contribution < -0.4 is 10.2 Å². The SMILES string of the molecule is CC1(C)OB(c2ccccc2COc2ccc(F)c(F)c2)OC1(C)C. The Bertz CT molecular complexity index is 761. The largest absolute Gasteiger partial charge is 0.495 e. The van der Waals surface area contributed by atoms with Gasteiger partial charge in [0.2, 0.25) is 0 Å². The van der Waals surface area contributed by atoms with Gasteiger partial charge in [-0.1, -0.05) is 24.3 Å². The summed E-state index contributed by atoms with van der Waals surface area (Å²) < 4.78 is 44.1. The average molecular weight is 346 g/mol. The molecule has 1 saturated heterocycles. The summed E-state index contributed by atoms with van der Waals surface area (Å²) in [6.45, 7) is 8.17. The molecule has 0 bridgehead atoms.